The molecule has 1 aliphatic heterocycles. The first-order chi connectivity index (χ1) is 8.19. The molecule has 1 aliphatic rings. The van der Waals surface area contributed by atoms with E-state index in [9.17, 15) is 0 Å². The van der Waals surface area contributed by atoms with Crippen molar-refractivity contribution in [1.29, 1.82) is 0 Å². The van der Waals surface area contributed by atoms with Gasteiger partial charge in [-0.1, -0.05) is 6.92 Å². The lowest BCUT2D eigenvalue weighted by molar-refractivity contribution is 0.226. The van der Waals surface area contributed by atoms with Gasteiger partial charge in [-0.2, -0.15) is 0 Å². The van der Waals surface area contributed by atoms with E-state index in [-0.39, 0.29) is 0 Å². The van der Waals surface area contributed by atoms with Crippen LogP contribution in [0.3, 0.4) is 0 Å². The quantitative estimate of drug-likeness (QED) is 0.899. The maximum Gasteiger partial charge on any atom is 0.149 e. The van der Waals surface area contributed by atoms with Gasteiger partial charge in [0.15, 0.2) is 0 Å². The Labute approximate surface area is 111 Å². The molecule has 0 aromatic carbocycles. The number of nitrogens with one attached hydrogen (secondary N) is 1. The van der Waals surface area contributed by atoms with Crippen LogP contribution in [-0.2, 0) is 0 Å². The summed E-state index contributed by atoms with van der Waals surface area (Å²) in [5, 5.41) is 3.44. The van der Waals surface area contributed by atoms with Crippen LogP contribution in [0, 0.1) is 0 Å². The van der Waals surface area contributed by atoms with Crippen LogP contribution in [-0.4, -0.2) is 35.6 Å². The van der Waals surface area contributed by atoms with Gasteiger partial charge in [0.25, 0.3) is 0 Å². The van der Waals surface area contributed by atoms with Crippen molar-refractivity contribution < 1.29 is 0 Å². The van der Waals surface area contributed by atoms with Gasteiger partial charge in [-0.15, -0.1) is 0 Å². The van der Waals surface area contributed by atoms with Gasteiger partial charge in [-0.05, 0) is 47.9 Å². The molecule has 94 valence electrons. The van der Waals surface area contributed by atoms with Crippen LogP contribution in [0.1, 0.15) is 19.8 Å². The van der Waals surface area contributed by atoms with Gasteiger partial charge in [-0.25, -0.2) is 4.98 Å². The van der Waals surface area contributed by atoms with Crippen LogP contribution in [0.2, 0.25) is 0 Å². The second-order valence-electron chi connectivity index (χ2n) is 4.47. The number of halogens is 1. The first-order valence-corrected chi connectivity index (χ1v) is 6.88. The molecule has 4 nitrogen and oxygen atoms in total. The summed E-state index contributed by atoms with van der Waals surface area (Å²) in [7, 11) is 0. The van der Waals surface area contributed by atoms with Crippen molar-refractivity contribution in [1.82, 2.24) is 9.88 Å². The lowest BCUT2D eigenvalue weighted by Gasteiger charge is -2.32. The Hall–Kier alpha value is -0.810. The van der Waals surface area contributed by atoms with Crippen molar-refractivity contribution in [2.75, 3.05) is 30.7 Å². The lowest BCUT2D eigenvalue weighted by Crippen LogP contribution is -2.42. The second kappa shape index (κ2) is 5.69. The molecular weight excluding hydrogens is 280 g/mol. The largest absolute Gasteiger partial charge is 0.396 e. The molecule has 1 saturated heterocycles. The van der Waals surface area contributed by atoms with Gasteiger partial charge >= 0.3 is 0 Å². The monoisotopic (exact) mass is 298 g/mol. The molecule has 3 N–H and O–H groups in total. The summed E-state index contributed by atoms with van der Waals surface area (Å²) in [5.74, 6) is 0.802. The summed E-state index contributed by atoms with van der Waals surface area (Å²) in [5.41, 5.74) is 6.64. The Morgan fingerprint density at radius 3 is 3.18 bits per heavy atom. The standard InChI is InChI=1S/C12H19BrN4/c1-2-17-5-3-4-10(8-17)16-12-11(14)6-9(13)7-15-12/h6-7,10H,2-5,8,14H2,1H3,(H,15,16). The molecule has 1 unspecified atom stereocenters. The number of nitrogens with zero attached hydrogens (tertiary/aromatic N) is 2. The van der Waals surface area contributed by atoms with E-state index in [1.807, 2.05) is 6.07 Å². The molecule has 17 heavy (non-hydrogen) atoms. The molecule has 0 amide bonds. The summed E-state index contributed by atoms with van der Waals surface area (Å²) in [6, 6.07) is 2.34. The van der Waals surface area contributed by atoms with Gasteiger partial charge in [0.2, 0.25) is 0 Å². The second-order valence-corrected chi connectivity index (χ2v) is 5.38. The predicted octanol–water partition coefficient (Wildman–Crippen LogP) is 2.32. The molecular formula is C12H19BrN4. The van der Waals surface area contributed by atoms with E-state index in [2.05, 4.69) is 38.1 Å². The van der Waals surface area contributed by atoms with E-state index in [1.165, 1.54) is 19.4 Å². The highest BCUT2D eigenvalue weighted by Crippen LogP contribution is 2.22. The Morgan fingerprint density at radius 2 is 2.47 bits per heavy atom. The molecule has 1 atom stereocenters. The minimum absolute atomic E-state index is 0.458. The zero-order valence-corrected chi connectivity index (χ0v) is 11.7. The molecule has 1 aromatic heterocycles. The number of hydrogen-bond donors (Lipinski definition) is 2. The van der Waals surface area contributed by atoms with Gasteiger partial charge in [-0.3, -0.25) is 0 Å². The number of rotatable bonds is 3. The van der Waals surface area contributed by atoms with E-state index < -0.39 is 0 Å². The highest BCUT2D eigenvalue weighted by atomic mass is 79.9. The Kier molecular flexibility index (Phi) is 4.23. The molecule has 0 radical (unpaired) electrons. The summed E-state index contributed by atoms with van der Waals surface area (Å²) < 4.78 is 0.916. The van der Waals surface area contributed by atoms with E-state index in [4.69, 9.17) is 5.73 Å². The molecule has 2 heterocycles. The number of piperidine rings is 1. The van der Waals surface area contributed by atoms with Crippen LogP contribution >= 0.6 is 15.9 Å². The third-order valence-corrected chi connectivity index (χ3v) is 3.61. The Balaban J connectivity index is 2.00. The fourth-order valence-corrected chi connectivity index (χ4v) is 2.58. The zero-order chi connectivity index (χ0) is 12.3. The van der Waals surface area contributed by atoms with E-state index in [0.29, 0.717) is 11.7 Å². The van der Waals surface area contributed by atoms with Gasteiger partial charge < -0.3 is 16.0 Å². The van der Waals surface area contributed by atoms with Crippen molar-refractivity contribution in [3.8, 4) is 0 Å². The highest BCUT2D eigenvalue weighted by Gasteiger charge is 2.19. The van der Waals surface area contributed by atoms with Gasteiger partial charge in [0.1, 0.15) is 5.82 Å². The minimum atomic E-state index is 0.458. The third kappa shape index (κ3) is 3.33. The van der Waals surface area contributed by atoms with Crippen LogP contribution in [0.4, 0.5) is 11.5 Å². The van der Waals surface area contributed by atoms with Crippen LogP contribution < -0.4 is 11.1 Å². The SMILES string of the molecule is CCN1CCCC(Nc2ncc(Br)cc2N)C1. The normalized spacial score (nSPS) is 21.4. The number of likely N-dealkylation sites (N-methyl/N-ethyl adjacent to an activating group) is 1. The number of aromatic nitrogens is 1. The zero-order valence-electron chi connectivity index (χ0n) is 10.1. The van der Waals surface area contributed by atoms with Crippen molar-refractivity contribution in [3.05, 3.63) is 16.7 Å². The van der Waals surface area contributed by atoms with Gasteiger partial charge in [0, 0.05) is 23.3 Å². The van der Waals surface area contributed by atoms with Crippen molar-refractivity contribution in [3.63, 3.8) is 0 Å². The maximum absolute atomic E-state index is 5.94. The molecule has 5 heteroatoms. The average Bonchev–Trinajstić information content (AvgIpc) is 2.33. The first-order valence-electron chi connectivity index (χ1n) is 6.09. The Bertz CT molecular complexity index is 383. The van der Waals surface area contributed by atoms with E-state index in [1.54, 1.807) is 6.20 Å². The van der Waals surface area contributed by atoms with Crippen molar-refractivity contribution >= 4 is 27.4 Å². The fourth-order valence-electron chi connectivity index (χ4n) is 2.23. The molecule has 1 aromatic rings. The average molecular weight is 299 g/mol. The molecule has 0 aliphatic carbocycles. The lowest BCUT2D eigenvalue weighted by atomic mass is 10.1. The minimum Gasteiger partial charge on any atom is -0.396 e. The van der Waals surface area contributed by atoms with E-state index in [0.717, 1.165) is 23.4 Å². The number of anilines is 2. The summed E-state index contributed by atoms with van der Waals surface area (Å²) >= 11 is 3.36. The van der Waals surface area contributed by atoms with Crippen molar-refractivity contribution in [2.45, 2.75) is 25.8 Å². The molecule has 1 fully saturated rings. The topological polar surface area (TPSA) is 54.2 Å². The highest BCUT2D eigenvalue weighted by molar-refractivity contribution is 9.10. The number of nitrogen functional groups attached to an aromatic ring is 1. The Morgan fingerprint density at radius 1 is 1.65 bits per heavy atom. The molecule has 2 rings (SSSR count). The number of pyridine rings is 1. The maximum atomic E-state index is 5.94. The molecule has 0 spiro atoms. The summed E-state index contributed by atoms with van der Waals surface area (Å²) in [6.45, 7) is 5.60. The van der Waals surface area contributed by atoms with Crippen LogP contribution in [0.25, 0.3) is 0 Å². The number of likely N-dealkylation sites (tertiary alicyclic amines) is 1. The smallest absolute Gasteiger partial charge is 0.149 e. The fraction of sp³-hybridized carbons (Fsp3) is 0.583. The predicted molar refractivity (Wildman–Crippen MR) is 75.1 cm³/mol. The van der Waals surface area contributed by atoms with Crippen LogP contribution in [0.5, 0.6) is 0 Å². The van der Waals surface area contributed by atoms with E-state index >= 15 is 0 Å². The number of hydrogen-bond acceptors (Lipinski definition) is 4. The molecule has 0 saturated carbocycles. The third-order valence-electron chi connectivity index (χ3n) is 3.18. The summed E-state index contributed by atoms with van der Waals surface area (Å²) in [4.78, 5) is 6.78. The van der Waals surface area contributed by atoms with Crippen molar-refractivity contribution in [2.24, 2.45) is 0 Å². The molecule has 0 bridgehead atoms. The number of nitrogens with two attached hydrogens (primary N) is 1. The first kappa shape index (κ1) is 12.6. The van der Waals surface area contributed by atoms with Gasteiger partial charge in [0.05, 0.1) is 5.69 Å². The van der Waals surface area contributed by atoms with Crippen LogP contribution in [0.15, 0.2) is 16.7 Å². The summed E-state index contributed by atoms with van der Waals surface area (Å²) in [6.07, 6.45) is 4.20.